The smallest absolute Gasteiger partial charge is 0.0933 e. The van der Waals surface area contributed by atoms with E-state index >= 15 is 0 Å². The van der Waals surface area contributed by atoms with Gasteiger partial charge in [0.2, 0.25) is 0 Å². The molecule has 0 saturated heterocycles. The zero-order chi connectivity index (χ0) is 12.8. The van der Waals surface area contributed by atoms with E-state index in [1.165, 1.54) is 0 Å². The minimum absolute atomic E-state index is 0. The van der Waals surface area contributed by atoms with Crippen molar-refractivity contribution in [3.8, 4) is 0 Å². The number of halogens is 3. The van der Waals surface area contributed by atoms with Crippen LogP contribution in [0.25, 0.3) is 0 Å². The van der Waals surface area contributed by atoms with Gasteiger partial charge in [0.25, 0.3) is 0 Å². The van der Waals surface area contributed by atoms with Crippen LogP contribution in [0.3, 0.4) is 0 Å². The summed E-state index contributed by atoms with van der Waals surface area (Å²) in [6, 6.07) is 15.5. The highest BCUT2D eigenvalue weighted by Gasteiger charge is 1.99. The second-order valence-corrected chi connectivity index (χ2v) is 4.66. The van der Waals surface area contributed by atoms with Gasteiger partial charge in [0.15, 0.2) is 0 Å². The number of nitrogens with one attached hydrogen (secondary N) is 1. The summed E-state index contributed by atoms with van der Waals surface area (Å²) in [7, 11) is 0. The number of hydrogen-bond donors (Lipinski definition) is 1. The fourth-order valence-corrected chi connectivity index (χ4v) is 1.81. The van der Waals surface area contributed by atoms with E-state index < -0.39 is 0 Å². The highest BCUT2D eigenvalue weighted by Crippen LogP contribution is 2.22. The molecule has 0 radical (unpaired) electrons. The lowest BCUT2D eigenvalue weighted by atomic mass is 10.2. The predicted molar refractivity (Wildman–Crippen MR) is 81.8 cm³/mol. The normalized spacial score (nSPS) is 10.0. The van der Waals surface area contributed by atoms with Crippen molar-refractivity contribution in [1.29, 1.82) is 0 Å². The van der Waals surface area contributed by atoms with Gasteiger partial charge in [0.1, 0.15) is 0 Å². The van der Waals surface area contributed by atoms with Crippen molar-refractivity contribution in [2.24, 2.45) is 0 Å². The minimum Gasteiger partial charge on any atom is -0.297 e. The summed E-state index contributed by atoms with van der Waals surface area (Å²) >= 11 is 11.8. The molecule has 0 atom stereocenters. The van der Waals surface area contributed by atoms with Crippen molar-refractivity contribution >= 4 is 35.6 Å². The summed E-state index contributed by atoms with van der Waals surface area (Å²) in [5.41, 5.74) is 5.04. The first-order chi connectivity index (χ1) is 8.75. The largest absolute Gasteiger partial charge is 0.297 e. The first-order valence-electron chi connectivity index (χ1n) is 5.58. The summed E-state index contributed by atoms with van der Waals surface area (Å²) in [5, 5.41) is 1.12. The van der Waals surface area contributed by atoms with E-state index in [0.29, 0.717) is 23.2 Å². The monoisotopic (exact) mass is 317 g/mol. The summed E-state index contributed by atoms with van der Waals surface area (Å²) in [6.07, 6.45) is 0. The van der Waals surface area contributed by atoms with Crippen molar-refractivity contribution in [2.45, 2.75) is 13.2 Å². The molecule has 0 spiro atoms. The van der Waals surface area contributed by atoms with Crippen LogP contribution in [-0.4, -0.2) is 0 Å². The quantitative estimate of drug-likeness (QED) is 0.640. The molecule has 2 nitrogen and oxygen atoms in total. The SMILES string of the molecule is Cl.Clc1ccc(CNOCc2ccccc2)cc1Cl. The van der Waals surface area contributed by atoms with Crippen LogP contribution in [0.2, 0.25) is 10.0 Å². The van der Waals surface area contributed by atoms with Crippen LogP contribution in [-0.2, 0) is 18.0 Å². The molecule has 0 unspecified atom stereocenters. The lowest BCUT2D eigenvalue weighted by Crippen LogP contribution is -2.13. The maximum absolute atomic E-state index is 5.92. The molecule has 19 heavy (non-hydrogen) atoms. The van der Waals surface area contributed by atoms with Gasteiger partial charge in [-0.1, -0.05) is 59.6 Å². The molecule has 0 fully saturated rings. The molecular formula is C14H14Cl3NO. The molecule has 0 aliphatic rings. The van der Waals surface area contributed by atoms with Crippen LogP contribution >= 0.6 is 35.6 Å². The maximum atomic E-state index is 5.92. The van der Waals surface area contributed by atoms with E-state index in [0.717, 1.165) is 11.1 Å². The highest BCUT2D eigenvalue weighted by molar-refractivity contribution is 6.42. The molecule has 0 saturated carbocycles. The molecule has 0 amide bonds. The third kappa shape index (κ3) is 5.39. The van der Waals surface area contributed by atoms with Gasteiger partial charge in [-0.05, 0) is 23.3 Å². The molecule has 1 N–H and O–H groups in total. The number of rotatable bonds is 5. The lowest BCUT2D eigenvalue weighted by molar-refractivity contribution is 0.0235. The third-order valence-electron chi connectivity index (χ3n) is 2.44. The second-order valence-electron chi connectivity index (χ2n) is 3.84. The highest BCUT2D eigenvalue weighted by atomic mass is 35.5. The van der Waals surface area contributed by atoms with E-state index in [1.54, 1.807) is 6.07 Å². The van der Waals surface area contributed by atoms with Crippen molar-refractivity contribution in [2.75, 3.05) is 0 Å². The Balaban J connectivity index is 0.00000180. The van der Waals surface area contributed by atoms with Crippen molar-refractivity contribution in [3.05, 3.63) is 69.7 Å². The van der Waals surface area contributed by atoms with E-state index in [-0.39, 0.29) is 12.4 Å². The molecule has 0 aliphatic carbocycles. The van der Waals surface area contributed by atoms with Crippen molar-refractivity contribution < 1.29 is 4.84 Å². The Morgan fingerprint density at radius 2 is 1.63 bits per heavy atom. The molecule has 0 aliphatic heterocycles. The van der Waals surface area contributed by atoms with Crippen LogP contribution < -0.4 is 5.48 Å². The minimum atomic E-state index is 0. The topological polar surface area (TPSA) is 21.3 Å². The fourth-order valence-electron chi connectivity index (χ4n) is 1.49. The van der Waals surface area contributed by atoms with E-state index in [4.69, 9.17) is 28.0 Å². The fraction of sp³-hybridized carbons (Fsp3) is 0.143. The predicted octanol–water partition coefficient (Wildman–Crippen LogP) is 4.64. The van der Waals surface area contributed by atoms with Crippen LogP contribution in [0.4, 0.5) is 0 Å². The standard InChI is InChI=1S/C14H13Cl2NO.ClH/c15-13-7-6-12(8-14(13)16)9-17-18-10-11-4-2-1-3-5-11;/h1-8,17H,9-10H2;1H. The van der Waals surface area contributed by atoms with Gasteiger partial charge in [0.05, 0.1) is 16.7 Å². The second kappa shape index (κ2) is 8.41. The number of benzene rings is 2. The van der Waals surface area contributed by atoms with Gasteiger partial charge in [-0.3, -0.25) is 4.84 Å². The summed E-state index contributed by atoms with van der Waals surface area (Å²) in [4.78, 5) is 5.37. The maximum Gasteiger partial charge on any atom is 0.0933 e. The molecule has 0 bridgehead atoms. The Kier molecular flexibility index (Phi) is 7.21. The summed E-state index contributed by atoms with van der Waals surface area (Å²) in [6.45, 7) is 1.12. The third-order valence-corrected chi connectivity index (χ3v) is 3.18. The van der Waals surface area contributed by atoms with Gasteiger partial charge in [-0.15, -0.1) is 12.4 Å². The zero-order valence-electron chi connectivity index (χ0n) is 10.1. The van der Waals surface area contributed by atoms with E-state index in [1.807, 2.05) is 42.5 Å². The van der Waals surface area contributed by atoms with Crippen LogP contribution in [0, 0.1) is 0 Å². The first kappa shape index (κ1) is 16.3. The van der Waals surface area contributed by atoms with Crippen LogP contribution in [0.15, 0.2) is 48.5 Å². The van der Waals surface area contributed by atoms with Gasteiger partial charge in [-0.25, -0.2) is 0 Å². The molecule has 2 aromatic carbocycles. The average molecular weight is 319 g/mol. The van der Waals surface area contributed by atoms with Crippen LogP contribution in [0.5, 0.6) is 0 Å². The molecule has 0 aromatic heterocycles. The van der Waals surface area contributed by atoms with Gasteiger partial charge in [-0.2, -0.15) is 5.48 Å². The molecule has 5 heteroatoms. The van der Waals surface area contributed by atoms with E-state index in [9.17, 15) is 0 Å². The summed E-state index contributed by atoms with van der Waals surface area (Å²) in [5.74, 6) is 0. The zero-order valence-corrected chi connectivity index (χ0v) is 12.4. The Morgan fingerprint density at radius 3 is 2.32 bits per heavy atom. The molecule has 102 valence electrons. The Hall–Kier alpha value is -0.770. The van der Waals surface area contributed by atoms with Gasteiger partial charge in [0, 0.05) is 6.54 Å². The van der Waals surface area contributed by atoms with Gasteiger partial charge >= 0.3 is 0 Å². The molecular weight excluding hydrogens is 305 g/mol. The van der Waals surface area contributed by atoms with Gasteiger partial charge < -0.3 is 0 Å². The summed E-state index contributed by atoms with van der Waals surface area (Å²) < 4.78 is 0. The molecule has 0 heterocycles. The molecule has 2 rings (SSSR count). The Bertz CT molecular complexity index is 505. The average Bonchev–Trinajstić information content (AvgIpc) is 2.40. The lowest BCUT2D eigenvalue weighted by Gasteiger charge is -2.07. The first-order valence-corrected chi connectivity index (χ1v) is 6.34. The molecule has 2 aromatic rings. The Labute approximate surface area is 129 Å². The number of hydrogen-bond acceptors (Lipinski definition) is 2. The van der Waals surface area contributed by atoms with Crippen molar-refractivity contribution in [3.63, 3.8) is 0 Å². The Morgan fingerprint density at radius 1 is 0.895 bits per heavy atom. The van der Waals surface area contributed by atoms with E-state index in [2.05, 4.69) is 5.48 Å². The number of hydroxylamine groups is 1. The van der Waals surface area contributed by atoms with Crippen molar-refractivity contribution in [1.82, 2.24) is 5.48 Å². The van der Waals surface area contributed by atoms with Crippen LogP contribution in [0.1, 0.15) is 11.1 Å².